The van der Waals surface area contributed by atoms with Gasteiger partial charge < -0.3 is 15.9 Å². The van der Waals surface area contributed by atoms with Crippen molar-refractivity contribution in [2.45, 2.75) is 6.42 Å². The fourth-order valence-corrected chi connectivity index (χ4v) is 1.76. The van der Waals surface area contributed by atoms with Crippen LogP contribution in [-0.2, 0) is 4.79 Å². The van der Waals surface area contributed by atoms with E-state index in [4.69, 9.17) is 10.8 Å². The lowest BCUT2D eigenvalue weighted by molar-refractivity contribution is -0.132. The van der Waals surface area contributed by atoms with E-state index in [0.29, 0.717) is 12.1 Å². The zero-order valence-corrected chi connectivity index (χ0v) is 9.63. The van der Waals surface area contributed by atoms with Crippen LogP contribution in [0, 0.1) is 0 Å². The molecule has 0 saturated carbocycles. The Morgan fingerprint density at radius 2 is 1.89 bits per heavy atom. The van der Waals surface area contributed by atoms with Crippen molar-refractivity contribution in [1.82, 2.24) is 0 Å². The minimum Gasteiger partial charge on any atom is -0.508 e. The lowest BCUT2D eigenvalue weighted by atomic mass is 9.97. The molecule has 0 spiro atoms. The van der Waals surface area contributed by atoms with Gasteiger partial charge in [-0.3, -0.25) is 0 Å². The van der Waals surface area contributed by atoms with Gasteiger partial charge in [-0.05, 0) is 29.3 Å². The number of benzene rings is 1. The van der Waals surface area contributed by atoms with Crippen molar-refractivity contribution in [3.63, 3.8) is 0 Å². The Labute approximate surface area is 104 Å². The van der Waals surface area contributed by atoms with Crippen LogP contribution < -0.4 is 5.73 Å². The average molecular weight is 243 g/mol. The summed E-state index contributed by atoms with van der Waals surface area (Å²) in [5.74, 6) is -0.795. The number of nitrogens with two attached hydrogens (primary N) is 1. The van der Waals surface area contributed by atoms with Crippen LogP contribution in [0.2, 0.25) is 0 Å². The second kappa shape index (κ2) is 4.79. The van der Waals surface area contributed by atoms with Crippen molar-refractivity contribution in [2.75, 3.05) is 0 Å². The highest BCUT2D eigenvalue weighted by atomic mass is 16.4. The third-order valence-electron chi connectivity index (χ3n) is 2.68. The van der Waals surface area contributed by atoms with Crippen molar-refractivity contribution in [3.05, 3.63) is 58.8 Å². The number of carbonyl (C=O) groups is 1. The molecular weight excluding hydrogens is 230 g/mol. The van der Waals surface area contributed by atoms with E-state index in [2.05, 4.69) is 0 Å². The van der Waals surface area contributed by atoms with E-state index >= 15 is 0 Å². The second-order valence-corrected chi connectivity index (χ2v) is 4.06. The Kier molecular flexibility index (Phi) is 3.19. The number of aliphatic carboxylic acids is 1. The molecule has 1 aliphatic rings. The zero-order valence-electron chi connectivity index (χ0n) is 9.63. The lowest BCUT2D eigenvalue weighted by Crippen LogP contribution is -2.12. The highest BCUT2D eigenvalue weighted by Gasteiger charge is 2.14. The van der Waals surface area contributed by atoms with Crippen LogP contribution in [0.15, 0.2) is 53.3 Å². The molecule has 0 heterocycles. The monoisotopic (exact) mass is 243 g/mol. The summed E-state index contributed by atoms with van der Waals surface area (Å²) in [5.41, 5.74) is 8.09. The van der Waals surface area contributed by atoms with Gasteiger partial charge in [0, 0.05) is 12.1 Å². The van der Waals surface area contributed by atoms with Crippen molar-refractivity contribution in [2.24, 2.45) is 5.73 Å². The standard InChI is InChI=1S/C14H13NO3/c15-13-8-10(3-6-12(13)14(17)18)7-9-1-4-11(16)5-2-9/h1-7,16H,8,15H2,(H,17,18). The van der Waals surface area contributed by atoms with Crippen LogP contribution in [0.3, 0.4) is 0 Å². The molecule has 1 aromatic rings. The van der Waals surface area contributed by atoms with Crippen molar-refractivity contribution < 1.29 is 15.0 Å². The summed E-state index contributed by atoms with van der Waals surface area (Å²) in [4.78, 5) is 10.8. The summed E-state index contributed by atoms with van der Waals surface area (Å²) in [6.07, 6.45) is 5.57. The molecule has 0 fully saturated rings. The molecule has 4 nitrogen and oxygen atoms in total. The minimum absolute atomic E-state index is 0.151. The third-order valence-corrected chi connectivity index (χ3v) is 2.68. The maximum atomic E-state index is 10.8. The van der Waals surface area contributed by atoms with Gasteiger partial charge in [0.25, 0.3) is 0 Å². The second-order valence-electron chi connectivity index (χ2n) is 4.06. The van der Waals surface area contributed by atoms with Gasteiger partial charge in [0.2, 0.25) is 0 Å². The first kappa shape index (κ1) is 12.0. The molecule has 0 aliphatic heterocycles. The van der Waals surface area contributed by atoms with Gasteiger partial charge >= 0.3 is 5.97 Å². The van der Waals surface area contributed by atoms with Crippen LogP contribution >= 0.6 is 0 Å². The molecule has 0 bridgehead atoms. The molecule has 1 aliphatic carbocycles. The van der Waals surface area contributed by atoms with Crippen LogP contribution in [0.5, 0.6) is 5.75 Å². The predicted molar refractivity (Wildman–Crippen MR) is 68.7 cm³/mol. The highest BCUT2D eigenvalue weighted by Crippen LogP contribution is 2.22. The van der Waals surface area contributed by atoms with Gasteiger partial charge in [0.1, 0.15) is 5.75 Å². The third kappa shape index (κ3) is 2.60. The molecule has 1 aromatic carbocycles. The van der Waals surface area contributed by atoms with Crippen LogP contribution in [0.4, 0.5) is 0 Å². The van der Waals surface area contributed by atoms with E-state index in [1.54, 1.807) is 30.3 Å². The fraction of sp³-hybridized carbons (Fsp3) is 0.0714. The number of hydrogen-bond acceptors (Lipinski definition) is 3. The van der Waals surface area contributed by atoms with E-state index in [9.17, 15) is 9.90 Å². The normalized spacial score (nSPS) is 17.2. The Bertz CT molecular complexity index is 565. The van der Waals surface area contributed by atoms with Crippen molar-refractivity contribution in [3.8, 4) is 5.75 Å². The molecule has 18 heavy (non-hydrogen) atoms. The van der Waals surface area contributed by atoms with Crippen molar-refractivity contribution >= 4 is 12.0 Å². The Morgan fingerprint density at radius 3 is 2.44 bits per heavy atom. The quantitative estimate of drug-likeness (QED) is 0.742. The SMILES string of the molecule is NC1=C(C(=O)O)C=CC(=Cc2ccc(O)cc2)C1. The van der Waals surface area contributed by atoms with Crippen LogP contribution in [0.1, 0.15) is 12.0 Å². The summed E-state index contributed by atoms with van der Waals surface area (Å²) in [7, 11) is 0. The molecule has 4 N–H and O–H groups in total. The first-order valence-corrected chi connectivity index (χ1v) is 5.46. The molecule has 0 atom stereocenters. The van der Waals surface area contributed by atoms with Crippen LogP contribution in [0.25, 0.3) is 6.08 Å². The van der Waals surface area contributed by atoms with Gasteiger partial charge in [-0.15, -0.1) is 0 Å². The van der Waals surface area contributed by atoms with E-state index < -0.39 is 5.97 Å². The topological polar surface area (TPSA) is 83.6 Å². The molecule has 0 amide bonds. The van der Waals surface area contributed by atoms with Gasteiger partial charge in [-0.2, -0.15) is 0 Å². The number of hydrogen-bond donors (Lipinski definition) is 3. The predicted octanol–water partition coefficient (Wildman–Crippen LogP) is 2.03. The Balaban J connectivity index is 2.22. The van der Waals surface area contributed by atoms with E-state index in [-0.39, 0.29) is 11.3 Å². The number of phenolic OH excluding ortho intramolecular Hbond substituents is 1. The average Bonchev–Trinajstić information content (AvgIpc) is 2.32. The number of phenols is 1. The van der Waals surface area contributed by atoms with E-state index in [1.807, 2.05) is 6.08 Å². The molecular formula is C14H13NO3. The highest BCUT2D eigenvalue weighted by molar-refractivity contribution is 5.91. The zero-order chi connectivity index (χ0) is 13.1. The molecule has 2 rings (SSSR count). The molecule has 4 heteroatoms. The Hall–Kier alpha value is -2.49. The lowest BCUT2D eigenvalue weighted by Gasteiger charge is -2.11. The summed E-state index contributed by atoms with van der Waals surface area (Å²) in [6, 6.07) is 6.76. The number of carboxylic acids is 1. The van der Waals surface area contributed by atoms with E-state index in [1.165, 1.54) is 6.08 Å². The maximum absolute atomic E-state index is 10.8. The molecule has 0 aromatic heterocycles. The minimum atomic E-state index is -1.01. The van der Waals surface area contributed by atoms with Gasteiger partial charge in [0.15, 0.2) is 0 Å². The maximum Gasteiger partial charge on any atom is 0.337 e. The number of aromatic hydroxyl groups is 1. The Morgan fingerprint density at radius 1 is 1.22 bits per heavy atom. The first-order chi connectivity index (χ1) is 8.56. The fourth-order valence-electron chi connectivity index (χ4n) is 1.76. The van der Waals surface area contributed by atoms with Gasteiger partial charge in [-0.1, -0.05) is 24.3 Å². The number of carboxylic acid groups (broad SMARTS) is 1. The number of allylic oxidation sites excluding steroid dienone is 2. The van der Waals surface area contributed by atoms with Gasteiger partial charge in [-0.25, -0.2) is 4.79 Å². The summed E-state index contributed by atoms with van der Waals surface area (Å²) >= 11 is 0. The summed E-state index contributed by atoms with van der Waals surface area (Å²) < 4.78 is 0. The van der Waals surface area contributed by atoms with E-state index in [0.717, 1.165) is 11.1 Å². The smallest absolute Gasteiger partial charge is 0.337 e. The first-order valence-electron chi connectivity index (χ1n) is 5.46. The van der Waals surface area contributed by atoms with Gasteiger partial charge in [0.05, 0.1) is 5.57 Å². The molecule has 0 unspecified atom stereocenters. The molecule has 0 radical (unpaired) electrons. The van der Waals surface area contributed by atoms with Crippen molar-refractivity contribution in [1.29, 1.82) is 0 Å². The summed E-state index contributed by atoms with van der Waals surface area (Å²) in [5, 5.41) is 18.1. The molecule has 0 saturated heterocycles. The largest absolute Gasteiger partial charge is 0.508 e. The van der Waals surface area contributed by atoms with Crippen LogP contribution in [-0.4, -0.2) is 16.2 Å². The molecule has 92 valence electrons. The summed E-state index contributed by atoms with van der Waals surface area (Å²) in [6.45, 7) is 0. The number of rotatable bonds is 2.